The van der Waals surface area contributed by atoms with Crippen LogP contribution in [-0.2, 0) is 13.0 Å². The summed E-state index contributed by atoms with van der Waals surface area (Å²) < 4.78 is 1.89. The Hall–Kier alpha value is -1.78. The molecule has 2 heterocycles. The van der Waals surface area contributed by atoms with Crippen LogP contribution in [0.2, 0.25) is 0 Å². The minimum atomic E-state index is -0.940. The predicted molar refractivity (Wildman–Crippen MR) is 74.0 cm³/mol. The first-order valence-electron chi connectivity index (χ1n) is 7.34. The number of aromatic nitrogens is 1. The van der Waals surface area contributed by atoms with Crippen molar-refractivity contribution in [2.24, 2.45) is 5.92 Å². The largest absolute Gasteiger partial charge is 0.478 e. The van der Waals surface area contributed by atoms with Crippen LogP contribution in [0.3, 0.4) is 0 Å². The molecule has 20 heavy (non-hydrogen) atoms. The van der Waals surface area contributed by atoms with Crippen LogP contribution >= 0.6 is 0 Å². The first-order chi connectivity index (χ1) is 9.58. The van der Waals surface area contributed by atoms with Crippen LogP contribution in [0, 0.1) is 5.92 Å². The molecule has 0 spiro atoms. The summed E-state index contributed by atoms with van der Waals surface area (Å²) in [5.41, 5.74) is 1.59. The maximum atomic E-state index is 12.4. The highest BCUT2D eigenvalue weighted by Gasteiger charge is 2.31. The Balaban J connectivity index is 1.88. The molecule has 5 nitrogen and oxygen atoms in total. The number of fused-ring (bicyclic) bond motifs is 1. The molecule has 3 rings (SSSR count). The minimum absolute atomic E-state index is 0.139. The summed E-state index contributed by atoms with van der Waals surface area (Å²) >= 11 is 0. The molecular formula is C15H20N2O3. The average Bonchev–Trinajstić information content (AvgIpc) is 3.19. The molecule has 0 unspecified atom stereocenters. The molecule has 1 aliphatic carbocycles. The number of carboxylic acid groups (broad SMARTS) is 1. The van der Waals surface area contributed by atoms with Crippen molar-refractivity contribution in [3.05, 3.63) is 23.0 Å². The SMILES string of the molecule is C[C@H](NC(=O)c1cc(C(=O)O)c2n1CCCC2)C1CC1. The smallest absolute Gasteiger partial charge is 0.337 e. The van der Waals surface area contributed by atoms with Crippen LogP contribution in [-0.4, -0.2) is 27.6 Å². The Bertz CT molecular complexity index is 558. The molecule has 108 valence electrons. The molecule has 2 N–H and O–H groups in total. The molecule has 1 atom stereocenters. The monoisotopic (exact) mass is 276 g/mol. The number of nitrogens with zero attached hydrogens (tertiary/aromatic N) is 1. The Morgan fingerprint density at radius 1 is 1.40 bits per heavy atom. The van der Waals surface area contributed by atoms with Gasteiger partial charge in [0.2, 0.25) is 0 Å². The van der Waals surface area contributed by atoms with Crippen molar-refractivity contribution < 1.29 is 14.7 Å². The van der Waals surface area contributed by atoms with Gasteiger partial charge in [-0.1, -0.05) is 0 Å². The fraction of sp³-hybridized carbons (Fsp3) is 0.600. The first kappa shape index (κ1) is 13.2. The number of carbonyl (C=O) groups is 2. The zero-order valence-corrected chi connectivity index (χ0v) is 11.7. The molecule has 1 saturated carbocycles. The average molecular weight is 276 g/mol. The third-order valence-corrected chi connectivity index (χ3v) is 4.40. The van der Waals surface area contributed by atoms with Crippen molar-refractivity contribution >= 4 is 11.9 Å². The van der Waals surface area contributed by atoms with Gasteiger partial charge in [0, 0.05) is 18.3 Å². The number of nitrogens with one attached hydrogen (secondary N) is 1. The van der Waals surface area contributed by atoms with Gasteiger partial charge >= 0.3 is 5.97 Å². The molecule has 2 aliphatic rings. The van der Waals surface area contributed by atoms with Gasteiger partial charge in [0.25, 0.3) is 5.91 Å². The highest BCUT2D eigenvalue weighted by molar-refractivity contribution is 5.98. The summed E-state index contributed by atoms with van der Waals surface area (Å²) in [6.07, 6.45) is 5.08. The van der Waals surface area contributed by atoms with Crippen LogP contribution in [0.25, 0.3) is 0 Å². The van der Waals surface area contributed by atoms with Gasteiger partial charge in [0.1, 0.15) is 5.69 Å². The van der Waals surface area contributed by atoms with Crippen LogP contribution in [0.5, 0.6) is 0 Å². The normalized spacial score (nSPS) is 19.2. The number of carboxylic acids is 1. The molecule has 5 heteroatoms. The highest BCUT2D eigenvalue weighted by atomic mass is 16.4. The third-order valence-electron chi connectivity index (χ3n) is 4.40. The number of aromatic carboxylic acids is 1. The summed E-state index contributed by atoms with van der Waals surface area (Å²) in [5, 5.41) is 12.3. The number of hydrogen-bond acceptors (Lipinski definition) is 2. The highest BCUT2D eigenvalue weighted by Crippen LogP contribution is 2.32. The minimum Gasteiger partial charge on any atom is -0.478 e. The Kier molecular flexibility index (Phi) is 3.28. The lowest BCUT2D eigenvalue weighted by Crippen LogP contribution is -2.35. The Morgan fingerprint density at radius 3 is 2.80 bits per heavy atom. The van der Waals surface area contributed by atoms with Crippen molar-refractivity contribution in [2.45, 2.75) is 51.6 Å². The van der Waals surface area contributed by atoms with Gasteiger partial charge < -0.3 is 15.0 Å². The van der Waals surface area contributed by atoms with Crippen molar-refractivity contribution in [3.8, 4) is 0 Å². The number of hydrogen-bond donors (Lipinski definition) is 2. The zero-order valence-electron chi connectivity index (χ0n) is 11.7. The van der Waals surface area contributed by atoms with Crippen LogP contribution in [0.1, 0.15) is 59.1 Å². The second-order valence-corrected chi connectivity index (χ2v) is 5.90. The van der Waals surface area contributed by atoms with E-state index in [1.165, 1.54) is 18.9 Å². The molecule has 0 bridgehead atoms. The third kappa shape index (κ3) is 2.32. The molecule has 0 radical (unpaired) electrons. The lowest BCUT2D eigenvalue weighted by molar-refractivity contribution is 0.0695. The number of rotatable bonds is 4. The van der Waals surface area contributed by atoms with Crippen molar-refractivity contribution in [3.63, 3.8) is 0 Å². The first-order valence-corrected chi connectivity index (χ1v) is 7.34. The van der Waals surface area contributed by atoms with E-state index in [0.29, 0.717) is 11.6 Å². The second-order valence-electron chi connectivity index (χ2n) is 5.90. The van der Waals surface area contributed by atoms with Gasteiger partial charge in [-0.15, -0.1) is 0 Å². The van der Waals surface area contributed by atoms with Gasteiger partial charge in [-0.05, 0) is 51.0 Å². The van der Waals surface area contributed by atoms with E-state index in [0.717, 1.165) is 31.5 Å². The lowest BCUT2D eigenvalue weighted by Gasteiger charge is -2.19. The fourth-order valence-electron chi connectivity index (χ4n) is 3.04. The second kappa shape index (κ2) is 4.96. The predicted octanol–water partition coefficient (Wildman–Crippen LogP) is 2.05. The summed E-state index contributed by atoms with van der Waals surface area (Å²) in [5.74, 6) is -0.487. The van der Waals surface area contributed by atoms with Gasteiger partial charge in [-0.2, -0.15) is 0 Å². The summed E-state index contributed by atoms with van der Waals surface area (Å²) in [4.78, 5) is 23.7. The molecule has 1 aromatic rings. The summed E-state index contributed by atoms with van der Waals surface area (Å²) in [7, 11) is 0. The molecule has 1 amide bonds. The van der Waals surface area contributed by atoms with E-state index in [-0.39, 0.29) is 17.5 Å². The molecular weight excluding hydrogens is 256 g/mol. The van der Waals surface area contributed by atoms with Crippen molar-refractivity contribution in [1.82, 2.24) is 9.88 Å². The molecule has 0 saturated heterocycles. The molecule has 0 aromatic carbocycles. The van der Waals surface area contributed by atoms with Crippen molar-refractivity contribution in [2.75, 3.05) is 0 Å². The van der Waals surface area contributed by atoms with Crippen LogP contribution < -0.4 is 5.32 Å². The summed E-state index contributed by atoms with van der Waals surface area (Å²) in [6.45, 7) is 2.76. The van der Waals surface area contributed by atoms with E-state index >= 15 is 0 Å². The van der Waals surface area contributed by atoms with E-state index in [9.17, 15) is 14.7 Å². The Labute approximate surface area is 118 Å². The lowest BCUT2D eigenvalue weighted by atomic mass is 10.1. The zero-order chi connectivity index (χ0) is 14.3. The Morgan fingerprint density at radius 2 is 2.15 bits per heavy atom. The fourth-order valence-corrected chi connectivity index (χ4v) is 3.04. The van der Waals surface area contributed by atoms with Crippen molar-refractivity contribution in [1.29, 1.82) is 0 Å². The molecule has 1 aliphatic heterocycles. The van der Waals surface area contributed by atoms with Gasteiger partial charge in [0.15, 0.2) is 0 Å². The molecule has 1 fully saturated rings. The van der Waals surface area contributed by atoms with Crippen LogP contribution in [0.4, 0.5) is 0 Å². The van der Waals surface area contributed by atoms with Gasteiger partial charge in [0.05, 0.1) is 5.56 Å². The van der Waals surface area contributed by atoms with Gasteiger partial charge in [-0.25, -0.2) is 4.79 Å². The van der Waals surface area contributed by atoms with E-state index in [1.54, 1.807) is 0 Å². The summed E-state index contributed by atoms with van der Waals surface area (Å²) in [6, 6.07) is 1.71. The number of amides is 1. The molecule has 1 aromatic heterocycles. The van der Waals surface area contributed by atoms with E-state index in [4.69, 9.17) is 0 Å². The van der Waals surface area contributed by atoms with Gasteiger partial charge in [-0.3, -0.25) is 4.79 Å². The van der Waals surface area contributed by atoms with E-state index in [1.807, 2.05) is 11.5 Å². The van der Waals surface area contributed by atoms with E-state index in [2.05, 4.69) is 5.32 Å². The maximum absolute atomic E-state index is 12.4. The number of carbonyl (C=O) groups excluding carboxylic acids is 1. The van der Waals surface area contributed by atoms with E-state index < -0.39 is 5.97 Å². The van der Waals surface area contributed by atoms with Crippen LogP contribution in [0.15, 0.2) is 6.07 Å². The standard InChI is InChI=1S/C15H20N2O3/c1-9(10-5-6-10)16-14(18)13-8-11(15(19)20)12-4-2-3-7-17(12)13/h8-10H,2-7H2,1H3,(H,16,18)(H,19,20)/t9-/m0/s1. The topological polar surface area (TPSA) is 71.3 Å². The quantitative estimate of drug-likeness (QED) is 0.884. The maximum Gasteiger partial charge on any atom is 0.337 e.